The molecule has 70 valence electrons. The summed E-state index contributed by atoms with van der Waals surface area (Å²) in [4.78, 5) is 10.9. The molecular weight excluding hydrogens is 158 g/mol. The van der Waals surface area contributed by atoms with Crippen LogP contribution in [0, 0.1) is 0 Å². The van der Waals surface area contributed by atoms with E-state index in [0.29, 0.717) is 6.54 Å². The highest BCUT2D eigenvalue weighted by molar-refractivity contribution is 5.72. The highest BCUT2D eigenvalue weighted by atomic mass is 16.6. The second-order valence-corrected chi connectivity index (χ2v) is 2.58. The lowest BCUT2D eigenvalue weighted by Gasteiger charge is -2.18. The Morgan fingerprint density at radius 2 is 2.33 bits per heavy atom. The molecule has 0 radical (unpaired) electrons. The Bertz CT molecular complexity index is 163. The van der Waals surface area contributed by atoms with Crippen LogP contribution in [0.2, 0.25) is 0 Å². The van der Waals surface area contributed by atoms with Gasteiger partial charge in [-0.25, -0.2) is 0 Å². The second-order valence-electron chi connectivity index (χ2n) is 2.58. The van der Waals surface area contributed by atoms with Gasteiger partial charge < -0.3 is 10.1 Å². The van der Waals surface area contributed by atoms with Crippen molar-refractivity contribution in [1.82, 2.24) is 5.32 Å². The SMILES string of the molecule is C=CCNCC(=O)OC(C)(N)N. The Morgan fingerprint density at radius 3 is 2.75 bits per heavy atom. The summed E-state index contributed by atoms with van der Waals surface area (Å²) in [7, 11) is 0. The first-order chi connectivity index (χ1) is 5.45. The number of ether oxygens (including phenoxy) is 1. The van der Waals surface area contributed by atoms with Gasteiger partial charge in [0.15, 0.2) is 0 Å². The van der Waals surface area contributed by atoms with Crippen LogP contribution in [0.1, 0.15) is 6.92 Å². The van der Waals surface area contributed by atoms with Gasteiger partial charge in [0.05, 0.1) is 6.54 Å². The van der Waals surface area contributed by atoms with Crippen molar-refractivity contribution in [2.45, 2.75) is 12.8 Å². The fourth-order valence-electron chi connectivity index (χ4n) is 0.558. The third-order valence-corrected chi connectivity index (χ3v) is 0.892. The fourth-order valence-corrected chi connectivity index (χ4v) is 0.558. The van der Waals surface area contributed by atoms with Crippen LogP contribution >= 0.6 is 0 Å². The van der Waals surface area contributed by atoms with Gasteiger partial charge in [-0.15, -0.1) is 6.58 Å². The van der Waals surface area contributed by atoms with Crippen molar-refractivity contribution < 1.29 is 9.53 Å². The normalized spacial score (nSPS) is 10.9. The minimum Gasteiger partial charge on any atom is -0.430 e. The summed E-state index contributed by atoms with van der Waals surface area (Å²) in [6.45, 7) is 5.49. The molecule has 0 aromatic carbocycles. The van der Waals surface area contributed by atoms with E-state index in [1.165, 1.54) is 6.92 Å². The largest absolute Gasteiger partial charge is 0.430 e. The van der Waals surface area contributed by atoms with E-state index in [1.54, 1.807) is 6.08 Å². The number of rotatable bonds is 5. The van der Waals surface area contributed by atoms with Gasteiger partial charge in [0.1, 0.15) is 0 Å². The van der Waals surface area contributed by atoms with Gasteiger partial charge in [-0.3, -0.25) is 16.3 Å². The molecule has 0 saturated carbocycles. The third-order valence-electron chi connectivity index (χ3n) is 0.892. The zero-order valence-corrected chi connectivity index (χ0v) is 7.17. The standard InChI is InChI=1S/C7H15N3O2/c1-3-4-10-5-6(11)12-7(2,8)9/h3,10H,1,4-5,8-9H2,2H3. The maximum absolute atomic E-state index is 10.9. The van der Waals surface area contributed by atoms with Crippen LogP contribution in [0.3, 0.4) is 0 Å². The summed E-state index contributed by atoms with van der Waals surface area (Å²) in [5.41, 5.74) is 10.5. The van der Waals surface area contributed by atoms with E-state index in [4.69, 9.17) is 11.5 Å². The molecular formula is C7H15N3O2. The van der Waals surface area contributed by atoms with Crippen molar-refractivity contribution in [2.75, 3.05) is 13.1 Å². The van der Waals surface area contributed by atoms with Gasteiger partial charge in [-0.1, -0.05) is 6.08 Å². The van der Waals surface area contributed by atoms with Crippen LogP contribution in [0.5, 0.6) is 0 Å². The monoisotopic (exact) mass is 173 g/mol. The van der Waals surface area contributed by atoms with Gasteiger partial charge in [-0.2, -0.15) is 0 Å². The van der Waals surface area contributed by atoms with Crippen LogP contribution in [0.4, 0.5) is 0 Å². The minimum atomic E-state index is -1.40. The molecule has 0 aliphatic carbocycles. The molecule has 0 saturated heterocycles. The van der Waals surface area contributed by atoms with Crippen LogP contribution in [0.25, 0.3) is 0 Å². The van der Waals surface area contributed by atoms with Crippen molar-refractivity contribution in [3.63, 3.8) is 0 Å². The first kappa shape index (κ1) is 11.1. The van der Waals surface area contributed by atoms with Crippen molar-refractivity contribution in [2.24, 2.45) is 11.5 Å². The highest BCUT2D eigenvalue weighted by Crippen LogP contribution is 1.90. The Labute approximate surface area is 71.7 Å². The molecule has 0 aliphatic heterocycles. The minimum absolute atomic E-state index is 0.0794. The molecule has 5 heteroatoms. The van der Waals surface area contributed by atoms with Crippen LogP contribution in [-0.2, 0) is 9.53 Å². The molecule has 0 spiro atoms. The van der Waals surface area contributed by atoms with Crippen molar-refractivity contribution in [3.8, 4) is 0 Å². The van der Waals surface area contributed by atoms with Crippen molar-refractivity contribution in [1.29, 1.82) is 0 Å². The van der Waals surface area contributed by atoms with Gasteiger partial charge in [0.2, 0.25) is 5.85 Å². The summed E-state index contributed by atoms with van der Waals surface area (Å²) >= 11 is 0. The van der Waals surface area contributed by atoms with Crippen LogP contribution in [-0.4, -0.2) is 24.9 Å². The lowest BCUT2D eigenvalue weighted by atomic mass is 10.5. The summed E-state index contributed by atoms with van der Waals surface area (Å²) in [6.07, 6.45) is 1.64. The molecule has 0 aliphatic rings. The molecule has 0 aromatic rings. The number of carbonyl (C=O) groups is 1. The second kappa shape index (κ2) is 4.87. The van der Waals surface area contributed by atoms with Crippen LogP contribution in [0.15, 0.2) is 12.7 Å². The lowest BCUT2D eigenvalue weighted by Crippen LogP contribution is -2.51. The predicted molar refractivity (Wildman–Crippen MR) is 45.9 cm³/mol. The van der Waals surface area contributed by atoms with Crippen molar-refractivity contribution in [3.05, 3.63) is 12.7 Å². The number of nitrogens with two attached hydrogens (primary N) is 2. The van der Waals surface area contributed by atoms with Gasteiger partial charge >= 0.3 is 5.97 Å². The van der Waals surface area contributed by atoms with Gasteiger partial charge in [-0.05, 0) is 0 Å². The summed E-state index contributed by atoms with van der Waals surface area (Å²) < 4.78 is 4.60. The van der Waals surface area contributed by atoms with Crippen LogP contribution < -0.4 is 16.8 Å². The molecule has 12 heavy (non-hydrogen) atoms. The first-order valence-electron chi connectivity index (χ1n) is 3.57. The van der Waals surface area contributed by atoms with E-state index in [1.807, 2.05) is 0 Å². The van der Waals surface area contributed by atoms with Gasteiger partial charge in [0, 0.05) is 13.5 Å². The molecule has 0 bridgehead atoms. The van der Waals surface area contributed by atoms with E-state index < -0.39 is 11.8 Å². The number of hydrogen-bond acceptors (Lipinski definition) is 5. The average Bonchev–Trinajstić information content (AvgIpc) is 1.84. The van der Waals surface area contributed by atoms with Gasteiger partial charge in [0.25, 0.3) is 0 Å². The van der Waals surface area contributed by atoms with E-state index in [0.717, 1.165) is 0 Å². The Hall–Kier alpha value is -0.910. The zero-order chi connectivity index (χ0) is 9.61. The number of carbonyl (C=O) groups excluding carboxylic acids is 1. The maximum Gasteiger partial charge on any atom is 0.322 e. The highest BCUT2D eigenvalue weighted by Gasteiger charge is 2.16. The Morgan fingerprint density at radius 1 is 1.75 bits per heavy atom. The Balaban J connectivity index is 3.53. The maximum atomic E-state index is 10.9. The summed E-state index contributed by atoms with van der Waals surface area (Å²) in [6, 6.07) is 0. The lowest BCUT2D eigenvalue weighted by molar-refractivity contribution is -0.155. The molecule has 0 fully saturated rings. The van der Waals surface area contributed by atoms with E-state index in [9.17, 15) is 4.79 Å². The molecule has 0 unspecified atom stereocenters. The molecule has 0 aromatic heterocycles. The fraction of sp³-hybridized carbons (Fsp3) is 0.571. The van der Waals surface area contributed by atoms with Crippen molar-refractivity contribution >= 4 is 5.97 Å². The molecule has 0 rings (SSSR count). The molecule has 5 nitrogen and oxygen atoms in total. The molecule has 0 heterocycles. The predicted octanol–water partition coefficient (Wildman–Crippen LogP) is -1.10. The first-order valence-corrected chi connectivity index (χ1v) is 3.57. The number of hydrogen-bond donors (Lipinski definition) is 3. The van der Waals surface area contributed by atoms with E-state index >= 15 is 0 Å². The number of esters is 1. The third kappa shape index (κ3) is 7.20. The molecule has 0 amide bonds. The number of nitrogens with one attached hydrogen (secondary N) is 1. The Kier molecular flexibility index (Phi) is 4.50. The summed E-state index contributed by atoms with van der Waals surface area (Å²) in [5, 5.41) is 2.75. The van der Waals surface area contributed by atoms with E-state index in [2.05, 4.69) is 16.6 Å². The zero-order valence-electron chi connectivity index (χ0n) is 7.17. The smallest absolute Gasteiger partial charge is 0.322 e. The molecule has 5 N–H and O–H groups in total. The summed E-state index contributed by atoms with van der Waals surface area (Å²) in [5.74, 6) is -1.88. The molecule has 0 atom stereocenters. The topological polar surface area (TPSA) is 90.4 Å². The average molecular weight is 173 g/mol. The van der Waals surface area contributed by atoms with E-state index in [-0.39, 0.29) is 6.54 Å². The quantitative estimate of drug-likeness (QED) is 0.212.